The lowest BCUT2D eigenvalue weighted by atomic mass is 9.59. The molecule has 1 aromatic heterocycles. The van der Waals surface area contributed by atoms with Crippen molar-refractivity contribution in [2.45, 2.75) is 57.7 Å². The van der Waals surface area contributed by atoms with Gasteiger partial charge in [-0.1, -0.05) is 6.92 Å². The molecular formula is C24H30F2N4O2. The zero-order valence-corrected chi connectivity index (χ0v) is 18.6. The molecule has 8 heteroatoms. The van der Waals surface area contributed by atoms with Crippen LogP contribution >= 0.6 is 0 Å². The van der Waals surface area contributed by atoms with Crippen LogP contribution in [-0.2, 0) is 16.0 Å². The van der Waals surface area contributed by atoms with Gasteiger partial charge < -0.3 is 14.5 Å². The summed E-state index contributed by atoms with van der Waals surface area (Å²) in [6, 6.07) is -0.0599. The molecule has 5 rings (SSSR count). The molecule has 1 aromatic rings. The van der Waals surface area contributed by atoms with Crippen LogP contribution in [0.1, 0.15) is 45.1 Å². The van der Waals surface area contributed by atoms with E-state index in [2.05, 4.69) is 16.9 Å². The number of aryl methyl sites for hydroxylation is 1. The number of halogens is 2. The van der Waals surface area contributed by atoms with E-state index in [-0.39, 0.29) is 35.5 Å². The molecular weight excluding hydrogens is 414 g/mol. The van der Waals surface area contributed by atoms with Crippen LogP contribution in [0.5, 0.6) is 0 Å². The molecule has 1 saturated carbocycles. The predicted octanol–water partition coefficient (Wildman–Crippen LogP) is 3.95. The molecule has 4 aliphatic rings. The fourth-order valence-corrected chi connectivity index (χ4v) is 5.87. The quantitative estimate of drug-likeness (QED) is 0.707. The highest BCUT2D eigenvalue weighted by atomic mass is 19.1. The molecule has 6 nitrogen and oxygen atoms in total. The third-order valence-corrected chi connectivity index (χ3v) is 7.73. The Kier molecular flexibility index (Phi) is 5.51. The Balaban J connectivity index is 1.33. The number of nitrogens with zero attached hydrogens (tertiary/aromatic N) is 4. The maximum Gasteiger partial charge on any atom is 0.226 e. The first-order valence-electron chi connectivity index (χ1n) is 11.7. The number of fused-ring (bicyclic) bond motifs is 2. The van der Waals surface area contributed by atoms with Crippen molar-refractivity contribution in [3.05, 3.63) is 41.8 Å². The first-order chi connectivity index (χ1) is 15.4. The summed E-state index contributed by atoms with van der Waals surface area (Å²) in [5, 5.41) is 0. The maximum absolute atomic E-state index is 14.2. The van der Waals surface area contributed by atoms with Gasteiger partial charge in [0.1, 0.15) is 17.4 Å². The van der Waals surface area contributed by atoms with Crippen molar-refractivity contribution in [3.63, 3.8) is 0 Å². The van der Waals surface area contributed by atoms with Gasteiger partial charge >= 0.3 is 0 Å². The van der Waals surface area contributed by atoms with Crippen molar-refractivity contribution in [3.8, 4) is 0 Å². The fraction of sp³-hybridized carbons (Fsp3) is 0.625. The van der Waals surface area contributed by atoms with Crippen LogP contribution in [0.3, 0.4) is 0 Å². The lowest BCUT2D eigenvalue weighted by Gasteiger charge is -2.50. The maximum atomic E-state index is 14.2. The highest BCUT2D eigenvalue weighted by molar-refractivity contribution is 5.78. The van der Waals surface area contributed by atoms with Crippen molar-refractivity contribution >= 4 is 11.9 Å². The number of aromatic nitrogens is 2. The van der Waals surface area contributed by atoms with E-state index in [4.69, 9.17) is 4.74 Å². The van der Waals surface area contributed by atoms with E-state index >= 15 is 0 Å². The Morgan fingerprint density at radius 2 is 2.03 bits per heavy atom. The van der Waals surface area contributed by atoms with Gasteiger partial charge in [-0.2, -0.15) is 0 Å². The van der Waals surface area contributed by atoms with Gasteiger partial charge in [-0.3, -0.25) is 4.79 Å². The normalized spacial score (nSPS) is 35.1. The average Bonchev–Trinajstić information content (AvgIpc) is 3.11. The average molecular weight is 445 g/mol. The number of hydrogen-bond donors (Lipinski definition) is 0. The number of rotatable bonds is 3. The van der Waals surface area contributed by atoms with E-state index < -0.39 is 11.6 Å². The third kappa shape index (κ3) is 3.62. The minimum absolute atomic E-state index is 0.0202. The van der Waals surface area contributed by atoms with Crippen molar-refractivity contribution in [1.29, 1.82) is 0 Å². The number of anilines is 1. The lowest BCUT2D eigenvalue weighted by molar-refractivity contribution is -0.170. The van der Waals surface area contributed by atoms with Crippen LogP contribution in [0.15, 0.2) is 36.2 Å². The molecule has 0 radical (unpaired) electrons. The fourth-order valence-electron chi connectivity index (χ4n) is 5.87. The highest BCUT2D eigenvalue weighted by Gasteiger charge is 2.56. The second kappa shape index (κ2) is 8.21. The SMILES string of the molecule is CCc1cnc(N2CCO[C@]3(C)CC[C@@H](C4CC5C(F)=CC(F)=CC54)N3C(=O)CC2)nc1. The first-order valence-corrected chi connectivity index (χ1v) is 11.7. The first kappa shape index (κ1) is 21.5. The molecule has 0 aromatic carbocycles. The summed E-state index contributed by atoms with van der Waals surface area (Å²) in [6.07, 6.45) is 9.55. The molecule has 3 unspecified atom stereocenters. The number of amides is 1. The molecule has 172 valence electrons. The van der Waals surface area contributed by atoms with Crippen molar-refractivity contribution in [1.82, 2.24) is 14.9 Å². The summed E-state index contributed by atoms with van der Waals surface area (Å²) >= 11 is 0. The Hall–Kier alpha value is -2.35. The lowest BCUT2D eigenvalue weighted by Crippen LogP contribution is -2.56. The number of ether oxygens (including phenoxy) is 1. The van der Waals surface area contributed by atoms with Crippen LogP contribution < -0.4 is 4.90 Å². The van der Waals surface area contributed by atoms with E-state index in [1.54, 1.807) is 0 Å². The molecule has 2 aliphatic heterocycles. The largest absolute Gasteiger partial charge is 0.354 e. The van der Waals surface area contributed by atoms with Gasteiger partial charge in [-0.05, 0) is 56.1 Å². The van der Waals surface area contributed by atoms with Crippen molar-refractivity contribution in [2.24, 2.45) is 17.8 Å². The summed E-state index contributed by atoms with van der Waals surface area (Å²) in [7, 11) is 0. The van der Waals surface area contributed by atoms with Gasteiger partial charge in [-0.15, -0.1) is 0 Å². The molecule has 2 aliphatic carbocycles. The van der Waals surface area contributed by atoms with E-state index in [0.29, 0.717) is 38.5 Å². The summed E-state index contributed by atoms with van der Waals surface area (Å²) in [5.41, 5.74) is 0.376. The van der Waals surface area contributed by atoms with Gasteiger partial charge in [0.25, 0.3) is 0 Å². The number of allylic oxidation sites excluding steroid dienone is 4. The van der Waals surface area contributed by atoms with E-state index in [9.17, 15) is 13.6 Å². The van der Waals surface area contributed by atoms with E-state index in [1.807, 2.05) is 29.1 Å². The number of hydrogen-bond acceptors (Lipinski definition) is 5. The summed E-state index contributed by atoms with van der Waals surface area (Å²) < 4.78 is 34.3. The van der Waals surface area contributed by atoms with Crippen molar-refractivity contribution < 1.29 is 18.3 Å². The van der Waals surface area contributed by atoms with Crippen LogP contribution in [0.2, 0.25) is 0 Å². The van der Waals surface area contributed by atoms with Crippen LogP contribution in [0.4, 0.5) is 14.7 Å². The topological polar surface area (TPSA) is 58.6 Å². The van der Waals surface area contributed by atoms with Crippen molar-refractivity contribution in [2.75, 3.05) is 24.6 Å². The Morgan fingerprint density at radius 3 is 2.78 bits per heavy atom. The van der Waals surface area contributed by atoms with Gasteiger partial charge in [0.2, 0.25) is 11.9 Å². The van der Waals surface area contributed by atoms with Gasteiger partial charge in [0.05, 0.1) is 6.61 Å². The molecule has 1 amide bonds. The Labute approximate surface area is 187 Å². The number of carbonyl (C=O) groups excluding carboxylic acids is 1. The summed E-state index contributed by atoms with van der Waals surface area (Å²) in [5.74, 6) is -0.634. The second-order valence-electron chi connectivity index (χ2n) is 9.54. The molecule has 3 fully saturated rings. The van der Waals surface area contributed by atoms with Gasteiger partial charge in [-0.25, -0.2) is 18.7 Å². The van der Waals surface area contributed by atoms with Gasteiger partial charge in [0, 0.05) is 49.9 Å². The minimum Gasteiger partial charge on any atom is -0.354 e. The molecule has 5 atom stereocenters. The third-order valence-electron chi connectivity index (χ3n) is 7.73. The van der Waals surface area contributed by atoms with Crippen LogP contribution in [0.25, 0.3) is 0 Å². The van der Waals surface area contributed by atoms with Gasteiger partial charge in [0.15, 0.2) is 0 Å². The minimum atomic E-state index is -0.693. The zero-order chi connectivity index (χ0) is 22.5. The summed E-state index contributed by atoms with van der Waals surface area (Å²) in [6.45, 7) is 5.60. The molecule has 3 heterocycles. The molecule has 0 spiro atoms. The monoisotopic (exact) mass is 444 g/mol. The standard InChI is InChI=1S/C24H30F2N4O2/c1-3-15-13-27-23(28-14-15)29-7-5-22(31)30-21(4-6-24(30,2)32-9-8-29)19-12-18-17(19)10-16(25)11-20(18)26/h10-11,13-14,17-19,21H,3-9,12H2,1-2H3/t17?,18?,19?,21-,24+/m0/s1. The second-order valence-corrected chi connectivity index (χ2v) is 9.54. The number of carbonyl (C=O) groups is 1. The van der Waals surface area contributed by atoms with Crippen LogP contribution in [0, 0.1) is 17.8 Å². The molecule has 2 saturated heterocycles. The predicted molar refractivity (Wildman–Crippen MR) is 116 cm³/mol. The highest BCUT2D eigenvalue weighted by Crippen LogP contribution is 2.55. The molecule has 32 heavy (non-hydrogen) atoms. The Morgan fingerprint density at radius 1 is 1.25 bits per heavy atom. The Bertz CT molecular complexity index is 950. The van der Waals surface area contributed by atoms with Crippen LogP contribution in [-0.4, -0.2) is 52.2 Å². The molecule has 0 N–H and O–H groups in total. The van der Waals surface area contributed by atoms with E-state index in [0.717, 1.165) is 30.9 Å². The summed E-state index contributed by atoms with van der Waals surface area (Å²) in [4.78, 5) is 26.3. The molecule has 0 bridgehead atoms. The van der Waals surface area contributed by atoms with E-state index in [1.165, 1.54) is 6.08 Å². The zero-order valence-electron chi connectivity index (χ0n) is 18.6. The smallest absolute Gasteiger partial charge is 0.226 e.